The Morgan fingerprint density at radius 3 is 2.56 bits per heavy atom. The molecule has 0 aliphatic rings. The SMILES string of the molecule is Cc1nc(C)c(CNCC(C)CC(C)O)s1. The third kappa shape index (κ3) is 4.60. The van der Waals surface area contributed by atoms with Crippen LogP contribution in [0.2, 0.25) is 0 Å². The number of nitrogens with zero attached hydrogens (tertiary/aromatic N) is 1. The van der Waals surface area contributed by atoms with E-state index in [0.717, 1.165) is 30.2 Å². The number of hydrogen-bond donors (Lipinski definition) is 2. The van der Waals surface area contributed by atoms with Crippen molar-refractivity contribution in [1.82, 2.24) is 10.3 Å². The lowest BCUT2D eigenvalue weighted by Gasteiger charge is -2.13. The van der Waals surface area contributed by atoms with Gasteiger partial charge in [0.1, 0.15) is 0 Å². The van der Waals surface area contributed by atoms with Gasteiger partial charge < -0.3 is 10.4 Å². The van der Waals surface area contributed by atoms with Crippen LogP contribution in [0, 0.1) is 19.8 Å². The number of aliphatic hydroxyl groups is 1. The Bertz CT molecular complexity index is 323. The standard InChI is InChI=1S/C12H22N2OS/c1-8(5-9(2)15)6-13-7-12-10(3)14-11(4)16-12/h8-9,13,15H,5-7H2,1-4H3. The summed E-state index contributed by atoms with van der Waals surface area (Å²) in [5.74, 6) is 0.509. The first-order valence-electron chi connectivity index (χ1n) is 5.80. The van der Waals surface area contributed by atoms with Crippen molar-refractivity contribution in [2.75, 3.05) is 6.54 Å². The van der Waals surface area contributed by atoms with Crippen molar-refractivity contribution in [2.24, 2.45) is 5.92 Å². The van der Waals surface area contributed by atoms with Gasteiger partial charge in [0, 0.05) is 11.4 Å². The van der Waals surface area contributed by atoms with Crippen molar-refractivity contribution >= 4 is 11.3 Å². The van der Waals surface area contributed by atoms with Gasteiger partial charge in [-0.25, -0.2) is 4.98 Å². The molecular weight excluding hydrogens is 220 g/mol. The van der Waals surface area contributed by atoms with Crippen LogP contribution in [0.25, 0.3) is 0 Å². The average Bonchev–Trinajstić information content (AvgIpc) is 2.44. The minimum Gasteiger partial charge on any atom is -0.393 e. The number of nitrogens with one attached hydrogen (secondary N) is 1. The molecule has 16 heavy (non-hydrogen) atoms. The predicted molar refractivity (Wildman–Crippen MR) is 68.8 cm³/mol. The largest absolute Gasteiger partial charge is 0.393 e. The van der Waals surface area contributed by atoms with Crippen LogP contribution in [0.4, 0.5) is 0 Å². The van der Waals surface area contributed by atoms with Gasteiger partial charge in [0.05, 0.1) is 16.8 Å². The first kappa shape index (κ1) is 13.6. The summed E-state index contributed by atoms with van der Waals surface area (Å²) in [4.78, 5) is 5.72. The molecule has 1 rings (SSSR count). The molecule has 4 heteroatoms. The Hall–Kier alpha value is -0.450. The molecular formula is C12H22N2OS. The van der Waals surface area contributed by atoms with E-state index < -0.39 is 0 Å². The summed E-state index contributed by atoms with van der Waals surface area (Å²) in [6.07, 6.45) is 0.650. The van der Waals surface area contributed by atoms with E-state index in [0.29, 0.717) is 5.92 Å². The van der Waals surface area contributed by atoms with Crippen molar-refractivity contribution in [3.8, 4) is 0 Å². The van der Waals surface area contributed by atoms with E-state index in [4.69, 9.17) is 0 Å². The van der Waals surface area contributed by atoms with Crippen LogP contribution in [-0.2, 0) is 6.54 Å². The Labute approximate surface area is 102 Å². The second-order valence-corrected chi connectivity index (χ2v) is 5.85. The van der Waals surface area contributed by atoms with E-state index in [1.165, 1.54) is 4.88 Å². The number of aliphatic hydroxyl groups excluding tert-OH is 1. The number of rotatable bonds is 6. The molecule has 1 aromatic rings. The van der Waals surface area contributed by atoms with Crippen molar-refractivity contribution in [2.45, 2.75) is 46.8 Å². The zero-order chi connectivity index (χ0) is 12.1. The van der Waals surface area contributed by atoms with Crippen molar-refractivity contribution in [3.63, 3.8) is 0 Å². The molecule has 1 aromatic heterocycles. The molecule has 0 saturated heterocycles. The first-order valence-corrected chi connectivity index (χ1v) is 6.62. The normalized spacial score (nSPS) is 15.1. The number of hydrogen-bond acceptors (Lipinski definition) is 4. The predicted octanol–water partition coefficient (Wildman–Crippen LogP) is 2.26. The first-order chi connectivity index (χ1) is 7.49. The molecule has 2 atom stereocenters. The molecule has 0 spiro atoms. The molecule has 0 aliphatic heterocycles. The van der Waals surface area contributed by atoms with E-state index in [9.17, 15) is 5.11 Å². The third-order valence-corrected chi connectivity index (χ3v) is 3.59. The quantitative estimate of drug-likeness (QED) is 0.804. The zero-order valence-electron chi connectivity index (χ0n) is 10.6. The lowest BCUT2D eigenvalue weighted by molar-refractivity contribution is 0.163. The summed E-state index contributed by atoms with van der Waals surface area (Å²) in [5, 5.41) is 13.8. The maximum atomic E-state index is 9.25. The lowest BCUT2D eigenvalue weighted by atomic mass is 10.0. The molecule has 0 amide bonds. The van der Waals surface area contributed by atoms with Gasteiger partial charge in [0.15, 0.2) is 0 Å². The molecule has 0 bridgehead atoms. The molecule has 2 unspecified atom stereocenters. The highest BCUT2D eigenvalue weighted by Crippen LogP contribution is 2.16. The fourth-order valence-corrected chi connectivity index (χ4v) is 2.74. The summed E-state index contributed by atoms with van der Waals surface area (Å²) >= 11 is 1.76. The second-order valence-electron chi connectivity index (χ2n) is 4.56. The highest BCUT2D eigenvalue weighted by Gasteiger charge is 2.07. The zero-order valence-corrected chi connectivity index (χ0v) is 11.4. The smallest absolute Gasteiger partial charge is 0.0900 e. The topological polar surface area (TPSA) is 45.2 Å². The van der Waals surface area contributed by atoms with E-state index in [2.05, 4.69) is 24.1 Å². The Morgan fingerprint density at radius 1 is 1.38 bits per heavy atom. The number of aryl methyl sites for hydroxylation is 2. The van der Waals surface area contributed by atoms with Crippen LogP contribution in [0.3, 0.4) is 0 Å². The maximum absolute atomic E-state index is 9.25. The van der Waals surface area contributed by atoms with E-state index >= 15 is 0 Å². The minimum atomic E-state index is -0.204. The van der Waals surface area contributed by atoms with E-state index in [1.807, 2.05) is 13.8 Å². The van der Waals surface area contributed by atoms with E-state index in [1.54, 1.807) is 11.3 Å². The molecule has 3 nitrogen and oxygen atoms in total. The van der Waals surface area contributed by atoms with Gasteiger partial charge in [-0.3, -0.25) is 0 Å². The minimum absolute atomic E-state index is 0.204. The molecule has 0 aliphatic carbocycles. The second kappa shape index (κ2) is 6.33. The van der Waals surface area contributed by atoms with Gasteiger partial charge in [0.25, 0.3) is 0 Å². The van der Waals surface area contributed by atoms with Gasteiger partial charge in [-0.15, -0.1) is 11.3 Å². The molecule has 0 aromatic carbocycles. The summed E-state index contributed by atoms with van der Waals surface area (Å²) in [6, 6.07) is 0. The van der Waals surface area contributed by atoms with Gasteiger partial charge in [-0.05, 0) is 39.7 Å². The van der Waals surface area contributed by atoms with Crippen LogP contribution in [0.15, 0.2) is 0 Å². The Morgan fingerprint density at radius 2 is 2.06 bits per heavy atom. The fraction of sp³-hybridized carbons (Fsp3) is 0.750. The monoisotopic (exact) mass is 242 g/mol. The number of aromatic nitrogens is 1. The molecule has 0 radical (unpaired) electrons. The van der Waals surface area contributed by atoms with Crippen molar-refractivity contribution in [1.29, 1.82) is 0 Å². The van der Waals surface area contributed by atoms with Crippen LogP contribution in [-0.4, -0.2) is 22.7 Å². The summed E-state index contributed by atoms with van der Waals surface area (Å²) in [7, 11) is 0. The highest BCUT2D eigenvalue weighted by molar-refractivity contribution is 7.11. The van der Waals surface area contributed by atoms with Crippen LogP contribution in [0.1, 0.15) is 35.8 Å². The van der Waals surface area contributed by atoms with Crippen molar-refractivity contribution in [3.05, 3.63) is 15.6 Å². The Balaban J connectivity index is 2.27. The van der Waals surface area contributed by atoms with Gasteiger partial charge >= 0.3 is 0 Å². The summed E-state index contributed by atoms with van der Waals surface area (Å²) in [6.45, 7) is 9.93. The molecule has 1 heterocycles. The van der Waals surface area contributed by atoms with Gasteiger partial charge in [-0.1, -0.05) is 6.92 Å². The number of thiazole rings is 1. The highest BCUT2D eigenvalue weighted by atomic mass is 32.1. The van der Waals surface area contributed by atoms with Crippen LogP contribution >= 0.6 is 11.3 Å². The summed E-state index contributed by atoms with van der Waals surface area (Å²) < 4.78 is 0. The van der Waals surface area contributed by atoms with Crippen LogP contribution < -0.4 is 5.32 Å². The van der Waals surface area contributed by atoms with Gasteiger partial charge in [-0.2, -0.15) is 0 Å². The van der Waals surface area contributed by atoms with Gasteiger partial charge in [0.2, 0.25) is 0 Å². The van der Waals surface area contributed by atoms with Crippen molar-refractivity contribution < 1.29 is 5.11 Å². The molecule has 0 fully saturated rings. The average molecular weight is 242 g/mol. The Kier molecular flexibility index (Phi) is 5.38. The molecule has 2 N–H and O–H groups in total. The molecule has 92 valence electrons. The third-order valence-electron chi connectivity index (χ3n) is 2.52. The summed E-state index contributed by atoms with van der Waals surface area (Å²) in [5.41, 5.74) is 1.14. The van der Waals surface area contributed by atoms with E-state index in [-0.39, 0.29) is 6.10 Å². The fourth-order valence-electron chi connectivity index (χ4n) is 1.84. The maximum Gasteiger partial charge on any atom is 0.0900 e. The lowest BCUT2D eigenvalue weighted by Crippen LogP contribution is -2.23. The molecule has 0 saturated carbocycles. The van der Waals surface area contributed by atoms with Crippen LogP contribution in [0.5, 0.6) is 0 Å².